The molecule has 2 bridgehead atoms. The molecule has 0 spiro atoms. The van der Waals surface area contributed by atoms with Crippen LogP contribution in [0.4, 0.5) is 10.3 Å². The quantitative estimate of drug-likeness (QED) is 0.206. The number of alkyl halides is 1. The van der Waals surface area contributed by atoms with Gasteiger partial charge in [0.15, 0.2) is 11.2 Å². The van der Waals surface area contributed by atoms with Gasteiger partial charge in [-0.15, -0.1) is 0 Å². The van der Waals surface area contributed by atoms with E-state index in [9.17, 15) is 19.6 Å². The van der Waals surface area contributed by atoms with E-state index >= 15 is 0 Å². The Morgan fingerprint density at radius 3 is 2.45 bits per heavy atom. The van der Waals surface area contributed by atoms with Crippen molar-refractivity contribution < 1.29 is 23.7 Å². The van der Waals surface area contributed by atoms with Gasteiger partial charge in [-0.2, -0.15) is 20.5 Å². The molecule has 3 aliphatic rings. The third kappa shape index (κ3) is 5.64. The molecule has 7 rings (SSSR count). The van der Waals surface area contributed by atoms with Crippen molar-refractivity contribution >= 4 is 23.2 Å². The van der Waals surface area contributed by atoms with Crippen LogP contribution in [-0.2, 0) is 13.1 Å². The van der Waals surface area contributed by atoms with Gasteiger partial charge in [-0.05, 0) is 80.1 Å². The molecule has 2 aromatic heterocycles. The van der Waals surface area contributed by atoms with Crippen molar-refractivity contribution in [2.45, 2.75) is 57.9 Å². The van der Waals surface area contributed by atoms with Gasteiger partial charge in [0.25, 0.3) is 5.88 Å². The van der Waals surface area contributed by atoms with Gasteiger partial charge in [0.05, 0.1) is 51.5 Å². The number of fused-ring (bicyclic) bond motifs is 1. The summed E-state index contributed by atoms with van der Waals surface area (Å²) in [6.45, 7) is 2.47. The number of aryl methyl sites for hydroxylation is 2. The van der Waals surface area contributed by atoms with E-state index < -0.39 is 25.0 Å². The van der Waals surface area contributed by atoms with Crippen molar-refractivity contribution in [2.24, 2.45) is 5.41 Å². The van der Waals surface area contributed by atoms with Gasteiger partial charge >= 0.3 is 5.69 Å². The van der Waals surface area contributed by atoms with E-state index in [1.165, 1.54) is 22.3 Å². The smallest absolute Gasteiger partial charge is 0.330 e. The zero-order valence-electron chi connectivity index (χ0n) is 26.5. The summed E-state index contributed by atoms with van der Waals surface area (Å²) in [4.78, 5) is 23.6. The fraction of sp³-hybridized carbons (Fsp3) is 0.382. The molecule has 0 amide bonds. The number of anilines is 1. The van der Waals surface area contributed by atoms with Crippen LogP contribution in [0.15, 0.2) is 41.2 Å². The summed E-state index contributed by atoms with van der Waals surface area (Å²) >= 11 is 0. The summed E-state index contributed by atoms with van der Waals surface area (Å²) in [7, 11) is 3.05. The number of aromatic nitrogens is 4. The van der Waals surface area contributed by atoms with Gasteiger partial charge in [-0.3, -0.25) is 9.13 Å². The zero-order chi connectivity index (χ0) is 33.5. The topological polar surface area (TPSA) is 160 Å². The highest BCUT2D eigenvalue weighted by atomic mass is 19.1. The number of halogens is 1. The predicted molar refractivity (Wildman–Crippen MR) is 171 cm³/mol. The Kier molecular flexibility index (Phi) is 8.12. The number of aliphatic hydroxyl groups is 1. The van der Waals surface area contributed by atoms with Crippen LogP contribution in [0.2, 0.25) is 0 Å². The third-order valence-electron chi connectivity index (χ3n) is 8.90. The highest BCUT2D eigenvalue weighted by Gasteiger charge is 2.69. The number of allylic oxidation sites excluding steroid dienone is 1. The van der Waals surface area contributed by atoms with E-state index in [4.69, 9.17) is 29.4 Å². The number of rotatable bonds is 12. The van der Waals surface area contributed by atoms with E-state index in [2.05, 4.69) is 11.4 Å². The van der Waals surface area contributed by atoms with Crippen LogP contribution in [-0.4, -0.2) is 56.7 Å². The molecule has 0 saturated heterocycles. The van der Waals surface area contributed by atoms with Gasteiger partial charge in [-0.25, -0.2) is 9.18 Å². The zero-order valence-corrected chi connectivity index (χ0v) is 26.5. The molecule has 47 heavy (non-hydrogen) atoms. The molecule has 3 fully saturated rings. The Morgan fingerprint density at radius 1 is 1.11 bits per heavy atom. The first-order chi connectivity index (χ1) is 22.6. The average molecular weight is 640 g/mol. The summed E-state index contributed by atoms with van der Waals surface area (Å²) in [6.07, 6.45) is 3.29. The van der Waals surface area contributed by atoms with Crippen LogP contribution in [0.5, 0.6) is 23.1 Å². The molecule has 1 unspecified atom stereocenters. The Bertz CT molecular complexity index is 2010. The van der Waals surface area contributed by atoms with Crippen molar-refractivity contribution in [2.75, 3.05) is 26.1 Å². The van der Waals surface area contributed by atoms with Gasteiger partial charge in [0.1, 0.15) is 23.4 Å². The number of nitriles is 2. The van der Waals surface area contributed by atoms with E-state index in [-0.39, 0.29) is 40.5 Å². The highest BCUT2D eigenvalue weighted by Crippen LogP contribution is 2.67. The second kappa shape index (κ2) is 12.1. The minimum Gasteiger partial charge on any atom is -0.497 e. The summed E-state index contributed by atoms with van der Waals surface area (Å²) in [5.74, 6) is 1.75. The number of imidazole rings is 1. The number of methoxy groups -OCH3 is 2. The second-order valence-electron chi connectivity index (χ2n) is 12.3. The van der Waals surface area contributed by atoms with Gasteiger partial charge in [0.2, 0.25) is 5.95 Å². The van der Waals surface area contributed by atoms with E-state index in [1.807, 2.05) is 32.0 Å². The third-order valence-corrected chi connectivity index (χ3v) is 8.90. The normalized spacial score (nSPS) is 20.2. The Morgan fingerprint density at radius 2 is 1.83 bits per heavy atom. The summed E-state index contributed by atoms with van der Waals surface area (Å²) in [5.41, 5.74) is 2.04. The fourth-order valence-electron chi connectivity index (χ4n) is 6.77. The minimum absolute atomic E-state index is 0.0160. The molecule has 2 heterocycles. The molecule has 12 nitrogen and oxygen atoms in total. The molecule has 1 atom stereocenters. The lowest BCUT2D eigenvalue weighted by Gasteiger charge is -2.66. The first kappa shape index (κ1) is 31.6. The van der Waals surface area contributed by atoms with Crippen LogP contribution in [0.25, 0.3) is 17.2 Å². The second-order valence-corrected chi connectivity index (χ2v) is 12.3. The Balaban J connectivity index is 1.53. The summed E-state index contributed by atoms with van der Waals surface area (Å²) in [5, 5.41) is 31.5. The molecule has 3 saturated carbocycles. The molecule has 0 aliphatic heterocycles. The van der Waals surface area contributed by atoms with Crippen molar-refractivity contribution in [1.82, 2.24) is 19.1 Å². The first-order valence-corrected chi connectivity index (χ1v) is 15.1. The number of nitrogens with one attached hydrogen (secondary N) is 1. The fourth-order valence-corrected chi connectivity index (χ4v) is 6.77. The summed E-state index contributed by atoms with van der Waals surface area (Å²) < 4.78 is 34.8. The molecule has 2 aromatic carbocycles. The van der Waals surface area contributed by atoms with Crippen molar-refractivity contribution in [3.8, 4) is 35.3 Å². The molecule has 3 aliphatic carbocycles. The highest BCUT2D eigenvalue weighted by molar-refractivity contribution is 5.80. The van der Waals surface area contributed by atoms with Crippen molar-refractivity contribution in [3.05, 3.63) is 69.1 Å². The van der Waals surface area contributed by atoms with E-state index in [0.29, 0.717) is 42.1 Å². The Hall–Kier alpha value is -5.40. The lowest BCUT2D eigenvalue weighted by atomic mass is 9.40. The van der Waals surface area contributed by atoms with Gasteiger partial charge in [0, 0.05) is 23.2 Å². The molecule has 4 aromatic rings. The van der Waals surface area contributed by atoms with Crippen LogP contribution in [0.3, 0.4) is 0 Å². The van der Waals surface area contributed by atoms with Crippen LogP contribution < -0.4 is 25.2 Å². The van der Waals surface area contributed by atoms with Gasteiger partial charge in [-0.1, -0.05) is 0 Å². The first-order valence-electron chi connectivity index (χ1n) is 15.1. The van der Waals surface area contributed by atoms with Crippen LogP contribution in [0, 0.1) is 41.9 Å². The molecule has 13 heteroatoms. The molecular formula is C34H34FN7O5. The number of hydrogen-bond donors (Lipinski definition) is 2. The van der Waals surface area contributed by atoms with E-state index in [1.54, 1.807) is 31.4 Å². The predicted octanol–water partition coefficient (Wildman–Crippen LogP) is 4.79. The Labute approximate surface area is 270 Å². The molecular weight excluding hydrogens is 605 g/mol. The van der Waals surface area contributed by atoms with Crippen molar-refractivity contribution in [3.63, 3.8) is 0 Å². The maximum atomic E-state index is 14.8. The molecule has 242 valence electrons. The van der Waals surface area contributed by atoms with Gasteiger partial charge < -0.3 is 24.6 Å². The standard InChI is InChI=1S/C34H34FN7O5/c1-20-10-22(6-5-9-36)11-21(2)28(20)47-30-27-29(38-31(39-30)40-34-16-33(17-34,18-34)19-37)42(32(44)41(27)14-24(35)15-43)13-23-7-8-25(45-3)12-26(23)46-4/h5-8,10-12,24,43H,13-18H2,1-4H3,(H,38,39,40)/b6-5+. The number of ether oxygens (including phenoxy) is 3. The maximum Gasteiger partial charge on any atom is 0.330 e. The number of nitrogens with zero attached hydrogens (tertiary/aromatic N) is 6. The van der Waals surface area contributed by atoms with Crippen LogP contribution in [0.1, 0.15) is 41.5 Å². The lowest BCUT2D eigenvalue weighted by Crippen LogP contribution is -2.70. The lowest BCUT2D eigenvalue weighted by molar-refractivity contribution is -0.0665. The minimum atomic E-state index is -1.74. The molecule has 2 N–H and O–H groups in total. The molecule has 0 radical (unpaired) electrons. The van der Waals surface area contributed by atoms with Crippen LogP contribution >= 0.6 is 0 Å². The van der Waals surface area contributed by atoms with Crippen molar-refractivity contribution in [1.29, 1.82) is 10.5 Å². The average Bonchev–Trinajstić information content (AvgIpc) is 3.28. The van der Waals surface area contributed by atoms with E-state index in [0.717, 1.165) is 16.7 Å². The number of benzene rings is 2. The monoisotopic (exact) mass is 639 g/mol. The summed E-state index contributed by atoms with van der Waals surface area (Å²) in [6, 6.07) is 13.3. The largest absolute Gasteiger partial charge is 0.497 e. The number of hydrogen-bond acceptors (Lipinski definition) is 10. The maximum absolute atomic E-state index is 14.8. The number of aliphatic hydroxyl groups excluding tert-OH is 1. The SMILES string of the molecule is COc1ccc(Cn2c(=O)n(CC(F)CO)c3c(Oc4c(C)cc(/C=C/C#N)cc4C)nc(NC45CC(C#N)(C4)C5)nc32)c(OC)c1.